The normalized spacial score (nSPS) is 13.4. The van der Waals surface area contributed by atoms with Crippen molar-refractivity contribution < 1.29 is 0 Å². The van der Waals surface area contributed by atoms with E-state index in [2.05, 4.69) is 105 Å². The summed E-state index contributed by atoms with van der Waals surface area (Å²) in [4.78, 5) is 15.0. The lowest BCUT2D eigenvalue weighted by atomic mass is 9.34. The summed E-state index contributed by atoms with van der Waals surface area (Å²) >= 11 is 0. The Labute approximate surface area is 226 Å². The number of hydrogen-bond donors (Lipinski definition) is 0. The molecule has 0 aliphatic carbocycles. The zero-order valence-electron chi connectivity index (χ0n) is 21.1. The number of aromatic nitrogens is 6. The van der Waals surface area contributed by atoms with E-state index in [0.29, 0.717) is 0 Å². The van der Waals surface area contributed by atoms with Gasteiger partial charge in [-0.15, -0.1) is 0 Å². The highest BCUT2D eigenvalue weighted by Gasteiger charge is 2.40. The maximum Gasteiger partial charge on any atom is 0.252 e. The second-order valence-electron chi connectivity index (χ2n) is 10.9. The first-order valence-corrected chi connectivity index (χ1v) is 13.6. The molecule has 2 aliphatic heterocycles. The Balaban J connectivity index is 1.49. The Morgan fingerprint density at radius 2 is 1.27 bits per heavy atom. The van der Waals surface area contributed by atoms with Crippen LogP contribution in [0.2, 0.25) is 0 Å². The highest BCUT2D eigenvalue weighted by molar-refractivity contribution is 7.00. The summed E-state index contributed by atoms with van der Waals surface area (Å²) < 4.78 is 6.94. The second-order valence-corrected chi connectivity index (χ2v) is 10.9. The van der Waals surface area contributed by atoms with Crippen molar-refractivity contribution in [1.82, 2.24) is 28.5 Å². The SMILES string of the molecule is c1cc2c3c(c1)ncn3-c1cc3c(c4c1B2c1cccc2ncn-4c12)c1ccccc1n1c2ccccc2nc31. The van der Waals surface area contributed by atoms with Gasteiger partial charge in [-0.3, -0.25) is 13.5 Å². The fraction of sp³-hybridized carbons (Fsp3) is 0. The molecule has 0 spiro atoms. The van der Waals surface area contributed by atoms with E-state index < -0.39 is 0 Å². The number of hydrogen-bond acceptors (Lipinski definition) is 3. The summed E-state index contributed by atoms with van der Waals surface area (Å²) in [7, 11) is 0. The van der Waals surface area contributed by atoms with Gasteiger partial charge in [0.1, 0.15) is 18.3 Å². The molecule has 6 nitrogen and oxygen atoms in total. The Morgan fingerprint density at radius 1 is 0.600 bits per heavy atom. The highest BCUT2D eigenvalue weighted by atomic mass is 15.1. The van der Waals surface area contributed by atoms with E-state index in [1.165, 1.54) is 43.9 Å². The van der Waals surface area contributed by atoms with Gasteiger partial charge in [-0.1, -0.05) is 54.6 Å². The van der Waals surface area contributed by atoms with Gasteiger partial charge in [-0.05, 0) is 52.8 Å². The van der Waals surface area contributed by atoms with Crippen LogP contribution in [0.5, 0.6) is 0 Å². The lowest BCUT2D eigenvalue weighted by molar-refractivity contribution is 1.07. The number of rotatable bonds is 0. The average molecular weight is 508 g/mol. The molecule has 9 aromatic rings. The minimum absolute atomic E-state index is 0.0870. The standard InChI is InChI=1S/C33H17BN6/c1-3-13-25-18(7-1)28-19(33-37-22-10-2-4-14-26(22)40(25)33)15-27-29-32(28)39-17-36-24-12-6-9-21(31(24)39)34(29)20-8-5-11-23-30(20)38(27)16-35-23/h1-17H. The van der Waals surface area contributed by atoms with Crippen LogP contribution in [0.1, 0.15) is 0 Å². The van der Waals surface area contributed by atoms with E-state index in [4.69, 9.17) is 15.0 Å². The van der Waals surface area contributed by atoms with Crippen LogP contribution < -0.4 is 16.4 Å². The molecule has 0 atom stereocenters. The molecule has 0 saturated carbocycles. The minimum atomic E-state index is 0.0870. The van der Waals surface area contributed by atoms with E-state index >= 15 is 0 Å². The van der Waals surface area contributed by atoms with Crippen molar-refractivity contribution >= 4 is 83.5 Å². The molecule has 2 aliphatic rings. The van der Waals surface area contributed by atoms with Crippen molar-refractivity contribution in [2.75, 3.05) is 0 Å². The monoisotopic (exact) mass is 508 g/mol. The second kappa shape index (κ2) is 6.41. The summed E-state index contributed by atoms with van der Waals surface area (Å²) in [6.07, 6.45) is 3.99. The Kier molecular flexibility index (Phi) is 3.14. The van der Waals surface area contributed by atoms with Crippen LogP contribution in [0, 0.1) is 0 Å². The van der Waals surface area contributed by atoms with Crippen LogP contribution in [-0.4, -0.2) is 35.2 Å². The molecule has 0 fully saturated rings. The third-order valence-electron chi connectivity index (χ3n) is 9.14. The van der Waals surface area contributed by atoms with Crippen molar-refractivity contribution in [2.45, 2.75) is 0 Å². The third kappa shape index (κ3) is 2.03. The molecular formula is C33H17BN6. The van der Waals surface area contributed by atoms with E-state index in [9.17, 15) is 0 Å². The number of fused-ring (bicyclic) bond motifs is 13. The predicted octanol–water partition coefficient (Wildman–Crippen LogP) is 4.61. The molecule has 7 heteroatoms. The topological polar surface area (TPSA) is 52.9 Å². The zero-order chi connectivity index (χ0) is 25.7. The molecule has 40 heavy (non-hydrogen) atoms. The molecule has 11 rings (SSSR count). The summed E-state index contributed by atoms with van der Waals surface area (Å²) in [5.74, 6) is 0. The van der Waals surface area contributed by atoms with E-state index in [1.54, 1.807) is 0 Å². The van der Waals surface area contributed by atoms with Gasteiger partial charge in [0.2, 0.25) is 0 Å². The van der Waals surface area contributed by atoms with E-state index in [-0.39, 0.29) is 6.71 Å². The van der Waals surface area contributed by atoms with Gasteiger partial charge >= 0.3 is 0 Å². The molecule has 0 radical (unpaired) electrons. The van der Waals surface area contributed by atoms with Crippen molar-refractivity contribution in [3.05, 3.63) is 104 Å². The lowest BCUT2D eigenvalue weighted by Crippen LogP contribution is -2.59. The van der Waals surface area contributed by atoms with E-state index in [0.717, 1.165) is 44.3 Å². The number of nitrogens with zero attached hydrogens (tertiary/aromatic N) is 6. The van der Waals surface area contributed by atoms with Gasteiger partial charge in [-0.2, -0.15) is 0 Å². The zero-order valence-corrected chi connectivity index (χ0v) is 21.1. The molecule has 6 heterocycles. The Bertz CT molecular complexity index is 2620. The lowest BCUT2D eigenvalue weighted by Gasteiger charge is -2.33. The van der Waals surface area contributed by atoms with Crippen LogP contribution in [0.25, 0.3) is 71.8 Å². The van der Waals surface area contributed by atoms with Gasteiger partial charge in [-0.25, -0.2) is 15.0 Å². The predicted molar refractivity (Wildman–Crippen MR) is 162 cm³/mol. The first kappa shape index (κ1) is 19.6. The maximum absolute atomic E-state index is 5.23. The van der Waals surface area contributed by atoms with Crippen LogP contribution in [0.4, 0.5) is 0 Å². The molecular weight excluding hydrogens is 491 g/mol. The number of imidazole rings is 3. The number of pyridine rings is 1. The molecule has 0 saturated heterocycles. The molecule has 0 amide bonds. The van der Waals surface area contributed by atoms with Crippen LogP contribution in [-0.2, 0) is 0 Å². The largest absolute Gasteiger partial charge is 0.300 e. The van der Waals surface area contributed by atoms with Crippen LogP contribution in [0.3, 0.4) is 0 Å². The molecule has 0 bridgehead atoms. The van der Waals surface area contributed by atoms with Crippen molar-refractivity contribution in [3.63, 3.8) is 0 Å². The van der Waals surface area contributed by atoms with Crippen molar-refractivity contribution in [3.8, 4) is 11.4 Å². The van der Waals surface area contributed by atoms with Crippen molar-refractivity contribution in [1.29, 1.82) is 0 Å². The number of benzene rings is 5. The first-order chi connectivity index (χ1) is 19.9. The Morgan fingerprint density at radius 3 is 2.10 bits per heavy atom. The van der Waals surface area contributed by atoms with Gasteiger partial charge in [0.25, 0.3) is 6.71 Å². The van der Waals surface area contributed by atoms with Gasteiger partial charge in [0.15, 0.2) is 0 Å². The van der Waals surface area contributed by atoms with Gasteiger partial charge in [0.05, 0.1) is 44.3 Å². The van der Waals surface area contributed by atoms with E-state index in [1.807, 2.05) is 12.7 Å². The smallest absolute Gasteiger partial charge is 0.252 e. The van der Waals surface area contributed by atoms with Gasteiger partial charge in [0, 0.05) is 21.8 Å². The van der Waals surface area contributed by atoms with Gasteiger partial charge < -0.3 is 0 Å². The minimum Gasteiger partial charge on any atom is -0.300 e. The molecule has 182 valence electrons. The molecule has 4 aromatic heterocycles. The Hall–Kier alpha value is -5.43. The molecule has 5 aromatic carbocycles. The van der Waals surface area contributed by atoms with Crippen LogP contribution in [0.15, 0.2) is 104 Å². The summed E-state index contributed by atoms with van der Waals surface area (Å²) in [6.45, 7) is 0.0870. The fourth-order valence-electron chi connectivity index (χ4n) is 7.67. The molecule has 0 N–H and O–H groups in total. The quantitative estimate of drug-likeness (QED) is 0.222. The fourth-order valence-corrected chi connectivity index (χ4v) is 7.67. The average Bonchev–Trinajstić information content (AvgIpc) is 3.73. The molecule has 0 unspecified atom stereocenters. The summed E-state index contributed by atoms with van der Waals surface area (Å²) in [5.41, 5.74) is 14.9. The summed E-state index contributed by atoms with van der Waals surface area (Å²) in [5, 5.41) is 3.55. The third-order valence-corrected chi connectivity index (χ3v) is 9.14. The summed E-state index contributed by atoms with van der Waals surface area (Å²) in [6, 6.07) is 32.6. The highest BCUT2D eigenvalue weighted by Crippen LogP contribution is 2.40. The maximum atomic E-state index is 5.23. The van der Waals surface area contributed by atoms with Crippen molar-refractivity contribution in [2.24, 2.45) is 0 Å². The first-order valence-electron chi connectivity index (χ1n) is 13.6. The van der Waals surface area contributed by atoms with Crippen LogP contribution >= 0.6 is 0 Å². The number of para-hydroxylation sites is 5.